The van der Waals surface area contributed by atoms with Gasteiger partial charge in [0.05, 0.1) is 0 Å². The molecule has 0 aromatic rings. The Morgan fingerprint density at radius 1 is 1.23 bits per heavy atom. The first-order valence-electron chi connectivity index (χ1n) is 8.54. The van der Waals surface area contributed by atoms with Crippen LogP contribution in [0.1, 0.15) is 52.9 Å². The third kappa shape index (κ3) is 5.95. The number of methoxy groups -OCH3 is 1. The van der Waals surface area contributed by atoms with E-state index in [2.05, 4.69) is 17.6 Å². The molecule has 0 aromatic heterocycles. The number of amides is 2. The molecular formula is C17H32N2O3. The minimum absolute atomic E-state index is 0.0398. The van der Waals surface area contributed by atoms with Gasteiger partial charge in [0.1, 0.15) is 6.04 Å². The van der Waals surface area contributed by atoms with Crippen LogP contribution in [0.4, 0.5) is 0 Å². The monoisotopic (exact) mass is 312 g/mol. The number of ether oxygens (including phenoxy) is 1. The van der Waals surface area contributed by atoms with Gasteiger partial charge in [0.2, 0.25) is 11.8 Å². The molecule has 5 heteroatoms. The lowest BCUT2D eigenvalue weighted by molar-refractivity contribution is -0.133. The van der Waals surface area contributed by atoms with Gasteiger partial charge in [0.15, 0.2) is 0 Å². The van der Waals surface area contributed by atoms with Gasteiger partial charge in [0.25, 0.3) is 0 Å². The molecule has 1 saturated carbocycles. The second kappa shape index (κ2) is 9.82. The highest BCUT2D eigenvalue weighted by Gasteiger charge is 2.31. The lowest BCUT2D eigenvalue weighted by Crippen LogP contribution is -2.52. The summed E-state index contributed by atoms with van der Waals surface area (Å²) in [6.45, 7) is 7.26. The molecule has 0 aliphatic heterocycles. The second-order valence-corrected chi connectivity index (χ2v) is 6.74. The minimum Gasteiger partial charge on any atom is -0.385 e. The van der Waals surface area contributed by atoms with Crippen molar-refractivity contribution in [1.82, 2.24) is 10.6 Å². The zero-order valence-corrected chi connectivity index (χ0v) is 14.5. The molecule has 0 saturated heterocycles. The minimum atomic E-state index is -0.454. The van der Waals surface area contributed by atoms with Crippen molar-refractivity contribution in [1.29, 1.82) is 0 Å². The third-order valence-electron chi connectivity index (χ3n) is 4.52. The maximum absolute atomic E-state index is 12.5. The Labute approximate surface area is 134 Å². The van der Waals surface area contributed by atoms with Crippen LogP contribution in [-0.4, -0.2) is 38.1 Å². The first-order valence-corrected chi connectivity index (χ1v) is 8.54. The zero-order chi connectivity index (χ0) is 16.5. The molecule has 22 heavy (non-hydrogen) atoms. The lowest BCUT2D eigenvalue weighted by Gasteiger charge is -2.30. The van der Waals surface area contributed by atoms with E-state index < -0.39 is 6.04 Å². The lowest BCUT2D eigenvalue weighted by atomic mass is 9.79. The van der Waals surface area contributed by atoms with Gasteiger partial charge in [-0.25, -0.2) is 0 Å². The molecule has 2 N–H and O–H groups in total. The summed E-state index contributed by atoms with van der Waals surface area (Å²) in [6.07, 6.45) is 5.14. The Balaban J connectivity index is 2.51. The average molecular weight is 312 g/mol. The maximum atomic E-state index is 12.5. The molecule has 1 rings (SSSR count). The molecule has 0 aromatic carbocycles. The van der Waals surface area contributed by atoms with Crippen molar-refractivity contribution < 1.29 is 14.3 Å². The number of hydrogen-bond acceptors (Lipinski definition) is 3. The van der Waals surface area contributed by atoms with Gasteiger partial charge in [-0.15, -0.1) is 0 Å². The predicted molar refractivity (Wildman–Crippen MR) is 87.4 cm³/mol. The average Bonchev–Trinajstić information content (AvgIpc) is 2.49. The van der Waals surface area contributed by atoms with Gasteiger partial charge in [-0.3, -0.25) is 9.59 Å². The Hall–Kier alpha value is -1.10. The SMILES string of the molecule is COCCCNC(=O)[C@H](NC(=O)[C@H]1CCCC[C@H]1C)C(C)C. The molecule has 128 valence electrons. The van der Waals surface area contributed by atoms with Gasteiger partial charge >= 0.3 is 0 Å². The quantitative estimate of drug-likeness (QED) is 0.675. The number of nitrogens with one attached hydrogen (secondary N) is 2. The summed E-state index contributed by atoms with van der Waals surface area (Å²) in [6, 6.07) is -0.454. The van der Waals surface area contributed by atoms with Crippen LogP contribution in [0.2, 0.25) is 0 Å². The molecule has 0 heterocycles. The Morgan fingerprint density at radius 3 is 2.50 bits per heavy atom. The van der Waals surface area contributed by atoms with E-state index in [1.807, 2.05) is 13.8 Å². The normalized spacial score (nSPS) is 23.1. The van der Waals surface area contributed by atoms with E-state index >= 15 is 0 Å². The first kappa shape index (κ1) is 18.9. The molecule has 1 aliphatic rings. The van der Waals surface area contributed by atoms with E-state index in [0.717, 1.165) is 25.7 Å². The van der Waals surface area contributed by atoms with Crippen LogP contribution in [0.15, 0.2) is 0 Å². The van der Waals surface area contributed by atoms with Crippen LogP contribution in [0.5, 0.6) is 0 Å². The van der Waals surface area contributed by atoms with Crippen molar-refractivity contribution >= 4 is 11.8 Å². The van der Waals surface area contributed by atoms with E-state index in [0.29, 0.717) is 19.1 Å². The fraction of sp³-hybridized carbons (Fsp3) is 0.882. The summed E-state index contributed by atoms with van der Waals surface area (Å²) in [5.41, 5.74) is 0. The van der Waals surface area contributed by atoms with Crippen molar-refractivity contribution in [2.24, 2.45) is 17.8 Å². The topological polar surface area (TPSA) is 67.4 Å². The molecule has 0 radical (unpaired) electrons. The van der Waals surface area contributed by atoms with Crippen molar-refractivity contribution in [3.05, 3.63) is 0 Å². The van der Waals surface area contributed by atoms with Crippen LogP contribution in [0, 0.1) is 17.8 Å². The summed E-state index contributed by atoms with van der Waals surface area (Å²) >= 11 is 0. The molecule has 1 aliphatic carbocycles. The van der Waals surface area contributed by atoms with E-state index in [4.69, 9.17) is 4.74 Å². The molecule has 0 unspecified atom stereocenters. The first-order chi connectivity index (χ1) is 10.5. The molecular weight excluding hydrogens is 280 g/mol. The van der Waals surface area contributed by atoms with Crippen LogP contribution in [0.25, 0.3) is 0 Å². The summed E-state index contributed by atoms with van der Waals surface area (Å²) in [4.78, 5) is 24.8. The van der Waals surface area contributed by atoms with Gasteiger partial charge in [-0.2, -0.15) is 0 Å². The van der Waals surface area contributed by atoms with Crippen LogP contribution >= 0.6 is 0 Å². The van der Waals surface area contributed by atoms with Crippen LogP contribution in [0.3, 0.4) is 0 Å². The smallest absolute Gasteiger partial charge is 0.242 e. The van der Waals surface area contributed by atoms with Crippen molar-refractivity contribution in [2.75, 3.05) is 20.3 Å². The standard InChI is InChI=1S/C17H32N2O3/c1-12(2)15(17(21)18-10-7-11-22-4)19-16(20)14-9-6-5-8-13(14)3/h12-15H,5-11H2,1-4H3,(H,18,21)(H,19,20)/t13-,14+,15-/m1/s1. The van der Waals surface area contributed by atoms with E-state index in [-0.39, 0.29) is 23.7 Å². The fourth-order valence-electron chi connectivity index (χ4n) is 3.04. The van der Waals surface area contributed by atoms with Crippen LogP contribution < -0.4 is 10.6 Å². The molecule has 3 atom stereocenters. The molecule has 1 fully saturated rings. The van der Waals surface area contributed by atoms with Crippen molar-refractivity contribution in [3.63, 3.8) is 0 Å². The summed E-state index contributed by atoms with van der Waals surface area (Å²) in [5.74, 6) is 0.480. The highest BCUT2D eigenvalue weighted by atomic mass is 16.5. The van der Waals surface area contributed by atoms with E-state index in [1.165, 1.54) is 6.42 Å². The summed E-state index contributed by atoms with van der Waals surface area (Å²) in [7, 11) is 1.64. The van der Waals surface area contributed by atoms with Crippen LogP contribution in [-0.2, 0) is 14.3 Å². The van der Waals surface area contributed by atoms with E-state index in [9.17, 15) is 9.59 Å². The number of rotatable bonds is 8. The predicted octanol–water partition coefficient (Wildman–Crippen LogP) is 2.11. The second-order valence-electron chi connectivity index (χ2n) is 6.74. The summed E-state index contributed by atoms with van der Waals surface area (Å²) < 4.78 is 4.97. The maximum Gasteiger partial charge on any atom is 0.242 e. The Kier molecular flexibility index (Phi) is 8.46. The van der Waals surface area contributed by atoms with Gasteiger partial charge in [0, 0.05) is 26.2 Å². The fourth-order valence-corrected chi connectivity index (χ4v) is 3.04. The van der Waals surface area contributed by atoms with Gasteiger partial charge in [-0.05, 0) is 31.1 Å². The molecule has 0 bridgehead atoms. The highest BCUT2D eigenvalue weighted by molar-refractivity contribution is 5.88. The molecule has 0 spiro atoms. The highest BCUT2D eigenvalue weighted by Crippen LogP contribution is 2.29. The molecule has 2 amide bonds. The summed E-state index contributed by atoms with van der Waals surface area (Å²) in [5, 5.41) is 5.86. The van der Waals surface area contributed by atoms with Gasteiger partial charge < -0.3 is 15.4 Å². The Morgan fingerprint density at radius 2 is 1.91 bits per heavy atom. The molecule has 5 nitrogen and oxygen atoms in total. The largest absolute Gasteiger partial charge is 0.385 e. The van der Waals surface area contributed by atoms with Crippen molar-refractivity contribution in [3.8, 4) is 0 Å². The number of hydrogen-bond donors (Lipinski definition) is 2. The van der Waals surface area contributed by atoms with Crippen molar-refractivity contribution in [2.45, 2.75) is 58.9 Å². The third-order valence-corrected chi connectivity index (χ3v) is 4.52. The van der Waals surface area contributed by atoms with Gasteiger partial charge in [-0.1, -0.05) is 33.6 Å². The number of carbonyl (C=O) groups is 2. The zero-order valence-electron chi connectivity index (χ0n) is 14.5. The number of carbonyl (C=O) groups excluding carboxylic acids is 2. The Bertz CT molecular complexity index is 358. The van der Waals surface area contributed by atoms with E-state index in [1.54, 1.807) is 7.11 Å².